The number of carbonyl (C=O) groups excluding carboxylic acids is 2. The maximum absolute atomic E-state index is 12.8. The molecule has 0 aliphatic carbocycles. The Kier molecular flexibility index (Phi) is 8.12. The number of benzene rings is 2. The average molecular weight is 410 g/mol. The highest BCUT2D eigenvalue weighted by molar-refractivity contribution is 5.98. The monoisotopic (exact) mass is 409 g/mol. The van der Waals surface area contributed by atoms with Crippen molar-refractivity contribution >= 4 is 23.2 Å². The van der Waals surface area contributed by atoms with Crippen molar-refractivity contribution in [2.75, 3.05) is 36.9 Å². The molecule has 1 aliphatic heterocycles. The molecule has 6 heteroatoms. The molecule has 2 N–H and O–H groups in total. The number of nitrogens with zero attached hydrogens (tertiary/aromatic N) is 1. The fourth-order valence-electron chi connectivity index (χ4n) is 3.46. The van der Waals surface area contributed by atoms with Gasteiger partial charge in [0.1, 0.15) is 5.75 Å². The highest BCUT2D eigenvalue weighted by Gasteiger charge is 2.17. The summed E-state index contributed by atoms with van der Waals surface area (Å²) in [5.74, 6) is 0.690. The number of ether oxygens (including phenoxy) is 1. The van der Waals surface area contributed by atoms with Crippen LogP contribution in [0, 0.1) is 0 Å². The van der Waals surface area contributed by atoms with Crippen molar-refractivity contribution in [3.63, 3.8) is 0 Å². The van der Waals surface area contributed by atoms with Crippen LogP contribution < -0.4 is 15.4 Å². The molecule has 0 atom stereocenters. The van der Waals surface area contributed by atoms with Crippen LogP contribution in [0.5, 0.6) is 5.75 Å². The van der Waals surface area contributed by atoms with Crippen molar-refractivity contribution in [3.05, 3.63) is 54.1 Å². The molecule has 0 radical (unpaired) electrons. The van der Waals surface area contributed by atoms with Crippen molar-refractivity contribution in [1.82, 2.24) is 4.90 Å². The summed E-state index contributed by atoms with van der Waals surface area (Å²) in [6, 6.07) is 14.7. The van der Waals surface area contributed by atoms with Crippen LogP contribution in [0.25, 0.3) is 0 Å². The first-order valence-electron chi connectivity index (χ1n) is 10.8. The molecule has 1 heterocycles. The largest absolute Gasteiger partial charge is 0.494 e. The first kappa shape index (κ1) is 21.7. The van der Waals surface area contributed by atoms with Gasteiger partial charge < -0.3 is 20.3 Å². The SMILES string of the molecule is CCCOc1ccc(NCC(=O)Nc2cccc(C(=O)N3CCCCCC3)c2)cc1. The number of likely N-dealkylation sites (tertiary alicyclic amines) is 1. The highest BCUT2D eigenvalue weighted by Crippen LogP contribution is 2.18. The molecule has 1 saturated heterocycles. The van der Waals surface area contributed by atoms with Crippen LogP contribution in [0.2, 0.25) is 0 Å². The minimum absolute atomic E-state index is 0.0384. The minimum atomic E-state index is -0.166. The summed E-state index contributed by atoms with van der Waals surface area (Å²) < 4.78 is 5.56. The predicted octanol–water partition coefficient (Wildman–Crippen LogP) is 4.54. The molecule has 3 rings (SSSR count). The number of nitrogens with one attached hydrogen (secondary N) is 2. The molecule has 0 aromatic heterocycles. The summed E-state index contributed by atoms with van der Waals surface area (Å²) >= 11 is 0. The van der Waals surface area contributed by atoms with E-state index >= 15 is 0 Å². The van der Waals surface area contributed by atoms with Gasteiger partial charge in [-0.1, -0.05) is 25.8 Å². The van der Waals surface area contributed by atoms with E-state index in [0.717, 1.165) is 43.8 Å². The Labute approximate surface area is 178 Å². The van der Waals surface area contributed by atoms with E-state index in [0.29, 0.717) is 17.9 Å². The van der Waals surface area contributed by atoms with Gasteiger partial charge in [0, 0.05) is 30.0 Å². The Hall–Kier alpha value is -3.02. The van der Waals surface area contributed by atoms with Crippen molar-refractivity contribution in [2.24, 2.45) is 0 Å². The third-order valence-electron chi connectivity index (χ3n) is 5.07. The Balaban J connectivity index is 1.51. The second-order valence-corrected chi connectivity index (χ2v) is 7.56. The average Bonchev–Trinajstić information content (AvgIpc) is 3.06. The maximum atomic E-state index is 12.8. The van der Waals surface area contributed by atoms with Crippen LogP contribution in [0.4, 0.5) is 11.4 Å². The number of rotatable bonds is 8. The first-order valence-corrected chi connectivity index (χ1v) is 10.8. The van der Waals surface area contributed by atoms with Crippen molar-refractivity contribution < 1.29 is 14.3 Å². The number of hydrogen-bond donors (Lipinski definition) is 2. The number of hydrogen-bond acceptors (Lipinski definition) is 4. The Morgan fingerprint density at radius 3 is 2.40 bits per heavy atom. The van der Waals surface area contributed by atoms with E-state index in [-0.39, 0.29) is 18.4 Å². The standard InChI is InChI=1S/C24H31N3O3/c1-2-16-30-22-12-10-20(11-13-22)25-18-23(28)26-21-9-7-8-19(17-21)24(29)27-14-5-3-4-6-15-27/h7-13,17,25H,2-6,14-16,18H2,1H3,(H,26,28). The van der Waals surface area contributed by atoms with Gasteiger partial charge in [-0.15, -0.1) is 0 Å². The first-order chi connectivity index (χ1) is 14.7. The second-order valence-electron chi connectivity index (χ2n) is 7.56. The maximum Gasteiger partial charge on any atom is 0.253 e. The van der Waals surface area contributed by atoms with Crippen LogP contribution in [-0.4, -0.2) is 43.0 Å². The van der Waals surface area contributed by atoms with Gasteiger partial charge in [0.2, 0.25) is 5.91 Å². The van der Waals surface area contributed by atoms with Crippen LogP contribution in [0.15, 0.2) is 48.5 Å². The van der Waals surface area contributed by atoms with E-state index in [1.54, 1.807) is 12.1 Å². The molecule has 2 aromatic rings. The van der Waals surface area contributed by atoms with E-state index in [1.807, 2.05) is 41.3 Å². The van der Waals surface area contributed by atoms with E-state index < -0.39 is 0 Å². The Morgan fingerprint density at radius 2 is 1.70 bits per heavy atom. The molecule has 6 nitrogen and oxygen atoms in total. The van der Waals surface area contributed by atoms with Gasteiger partial charge in [0.05, 0.1) is 13.2 Å². The van der Waals surface area contributed by atoms with Crippen molar-refractivity contribution in [2.45, 2.75) is 39.0 Å². The zero-order valence-corrected chi connectivity index (χ0v) is 17.7. The lowest BCUT2D eigenvalue weighted by Gasteiger charge is -2.20. The van der Waals surface area contributed by atoms with Crippen LogP contribution in [-0.2, 0) is 4.79 Å². The van der Waals surface area contributed by atoms with Crippen LogP contribution in [0.3, 0.4) is 0 Å². The van der Waals surface area contributed by atoms with Crippen LogP contribution in [0.1, 0.15) is 49.4 Å². The zero-order valence-electron chi connectivity index (χ0n) is 17.7. The van der Waals surface area contributed by atoms with Gasteiger partial charge in [0.25, 0.3) is 5.91 Å². The number of carbonyl (C=O) groups is 2. The lowest BCUT2D eigenvalue weighted by molar-refractivity contribution is -0.114. The summed E-state index contributed by atoms with van der Waals surface area (Å²) in [6.45, 7) is 4.51. The van der Waals surface area contributed by atoms with Gasteiger partial charge in [-0.2, -0.15) is 0 Å². The molecule has 160 valence electrons. The second kappa shape index (κ2) is 11.2. The Morgan fingerprint density at radius 1 is 0.967 bits per heavy atom. The zero-order chi connectivity index (χ0) is 21.2. The van der Waals surface area contributed by atoms with E-state index in [9.17, 15) is 9.59 Å². The lowest BCUT2D eigenvalue weighted by Crippen LogP contribution is -2.31. The third-order valence-corrected chi connectivity index (χ3v) is 5.07. The highest BCUT2D eigenvalue weighted by atomic mass is 16.5. The quantitative estimate of drug-likeness (QED) is 0.671. The van der Waals surface area contributed by atoms with E-state index in [1.165, 1.54) is 12.8 Å². The molecule has 0 saturated carbocycles. The Bertz CT molecular complexity index is 828. The smallest absolute Gasteiger partial charge is 0.253 e. The molecule has 0 unspecified atom stereocenters. The summed E-state index contributed by atoms with van der Waals surface area (Å²) in [4.78, 5) is 27.0. The van der Waals surface area contributed by atoms with Gasteiger partial charge in [-0.25, -0.2) is 0 Å². The molecule has 2 aromatic carbocycles. The normalized spacial score (nSPS) is 14.0. The summed E-state index contributed by atoms with van der Waals surface area (Å²) in [5, 5.41) is 5.97. The lowest BCUT2D eigenvalue weighted by atomic mass is 10.1. The number of amides is 2. The van der Waals surface area contributed by atoms with Crippen molar-refractivity contribution in [3.8, 4) is 5.75 Å². The van der Waals surface area contributed by atoms with E-state index in [2.05, 4.69) is 17.6 Å². The molecule has 30 heavy (non-hydrogen) atoms. The molecule has 0 bridgehead atoms. The molecule has 1 fully saturated rings. The molecular formula is C24H31N3O3. The molecule has 1 aliphatic rings. The molecule has 0 spiro atoms. The van der Waals surface area contributed by atoms with Crippen LogP contribution >= 0.6 is 0 Å². The van der Waals surface area contributed by atoms with Gasteiger partial charge in [0.15, 0.2) is 0 Å². The van der Waals surface area contributed by atoms with Crippen molar-refractivity contribution in [1.29, 1.82) is 0 Å². The summed E-state index contributed by atoms with van der Waals surface area (Å²) in [6.07, 6.45) is 5.44. The minimum Gasteiger partial charge on any atom is -0.494 e. The fourth-order valence-corrected chi connectivity index (χ4v) is 3.46. The predicted molar refractivity (Wildman–Crippen MR) is 120 cm³/mol. The molecule has 2 amide bonds. The third kappa shape index (κ3) is 6.51. The van der Waals surface area contributed by atoms with Gasteiger partial charge >= 0.3 is 0 Å². The topological polar surface area (TPSA) is 70.7 Å². The molecular weight excluding hydrogens is 378 g/mol. The summed E-state index contributed by atoms with van der Waals surface area (Å²) in [5.41, 5.74) is 2.09. The van der Waals surface area contributed by atoms with Gasteiger partial charge in [-0.3, -0.25) is 9.59 Å². The number of anilines is 2. The summed E-state index contributed by atoms with van der Waals surface area (Å²) in [7, 11) is 0. The van der Waals surface area contributed by atoms with Gasteiger partial charge in [-0.05, 0) is 61.7 Å². The van der Waals surface area contributed by atoms with E-state index in [4.69, 9.17) is 4.74 Å². The fraction of sp³-hybridized carbons (Fsp3) is 0.417.